The fourth-order valence-electron chi connectivity index (χ4n) is 3.29. The predicted octanol–water partition coefficient (Wildman–Crippen LogP) is 4.37. The molecule has 0 saturated carbocycles. The molecule has 160 valence electrons. The third-order valence-corrected chi connectivity index (χ3v) is 5.64. The van der Waals surface area contributed by atoms with Gasteiger partial charge in [-0.25, -0.2) is 4.98 Å². The van der Waals surface area contributed by atoms with Crippen LogP contribution in [0, 0.1) is 0 Å². The smallest absolute Gasteiger partial charge is 0.308 e. The molecule has 3 heterocycles. The number of aromatic nitrogens is 6. The zero-order chi connectivity index (χ0) is 22.3. The van der Waals surface area contributed by atoms with Crippen molar-refractivity contribution < 1.29 is 13.2 Å². The van der Waals surface area contributed by atoms with E-state index in [1.807, 2.05) is 35.7 Å². The summed E-state index contributed by atoms with van der Waals surface area (Å²) in [5.74, 6) is 0.360. The van der Waals surface area contributed by atoms with E-state index in [1.54, 1.807) is 0 Å². The van der Waals surface area contributed by atoms with Gasteiger partial charge in [-0.2, -0.15) is 18.0 Å². The molecular weight excluding hydrogens is 441 g/mol. The second kappa shape index (κ2) is 7.68. The largest absolute Gasteiger partial charge is 0.416 e. The number of nitrogens with zero attached hydrogens (tertiary/aromatic N) is 5. The lowest BCUT2D eigenvalue weighted by molar-refractivity contribution is -0.137. The maximum absolute atomic E-state index is 12.9. The number of fused-ring (bicyclic) bond motifs is 1. The third-order valence-electron chi connectivity index (χ3n) is 4.77. The van der Waals surface area contributed by atoms with Crippen LogP contribution in [0.4, 0.5) is 13.2 Å². The molecule has 0 aliphatic heterocycles. The Morgan fingerprint density at radius 2 is 1.81 bits per heavy atom. The molecular formula is C21H13F3N6OS. The van der Waals surface area contributed by atoms with Crippen molar-refractivity contribution in [3.63, 3.8) is 0 Å². The molecule has 32 heavy (non-hydrogen) atoms. The zero-order valence-corrected chi connectivity index (χ0v) is 17.0. The first-order chi connectivity index (χ1) is 15.4. The molecule has 0 aliphatic rings. The summed E-state index contributed by atoms with van der Waals surface area (Å²) >= 11 is 1.35. The highest BCUT2D eigenvalue weighted by Gasteiger charge is 2.30. The Bertz CT molecular complexity index is 1470. The maximum atomic E-state index is 12.9. The number of H-pyrrole nitrogens is 1. The van der Waals surface area contributed by atoms with Gasteiger partial charge in [0.05, 0.1) is 10.9 Å². The van der Waals surface area contributed by atoms with Gasteiger partial charge >= 0.3 is 6.18 Å². The van der Waals surface area contributed by atoms with Gasteiger partial charge in [0.1, 0.15) is 17.2 Å². The summed E-state index contributed by atoms with van der Waals surface area (Å²) in [6, 6.07) is 14.2. The zero-order valence-electron chi connectivity index (χ0n) is 16.2. The number of hydrogen-bond donors (Lipinski definition) is 1. The summed E-state index contributed by atoms with van der Waals surface area (Å²) < 4.78 is 38.8. The average molecular weight is 454 g/mol. The number of alkyl halides is 3. The van der Waals surface area contributed by atoms with E-state index in [-0.39, 0.29) is 23.5 Å². The fraction of sp³-hybridized carbons (Fsp3) is 0.0952. The van der Waals surface area contributed by atoms with E-state index in [0.717, 1.165) is 23.3 Å². The van der Waals surface area contributed by atoms with Crippen LogP contribution < -0.4 is 5.56 Å². The second-order valence-corrected chi connectivity index (χ2v) is 7.79. The van der Waals surface area contributed by atoms with Gasteiger partial charge in [0.2, 0.25) is 5.82 Å². The Hall–Kier alpha value is -3.86. The molecule has 0 unspecified atom stereocenters. The first-order valence-corrected chi connectivity index (χ1v) is 10.3. The van der Waals surface area contributed by atoms with Crippen molar-refractivity contribution in [2.75, 3.05) is 0 Å². The number of rotatable bonds is 4. The van der Waals surface area contributed by atoms with E-state index in [1.165, 1.54) is 28.3 Å². The summed E-state index contributed by atoms with van der Waals surface area (Å²) in [4.78, 5) is 21.7. The number of tetrazole rings is 1. The van der Waals surface area contributed by atoms with Crippen LogP contribution in [0.25, 0.3) is 32.7 Å². The van der Waals surface area contributed by atoms with Gasteiger partial charge in [0.15, 0.2) is 0 Å². The SMILES string of the molecule is O=c1[nH]c(Cn2nnc(-c3cccc(C(F)(F)F)c3)n2)nc2scc(-c3ccccc3)c12. The summed E-state index contributed by atoms with van der Waals surface area (Å²) in [6.07, 6.45) is -4.47. The van der Waals surface area contributed by atoms with Crippen LogP contribution >= 0.6 is 11.3 Å². The molecule has 0 fully saturated rings. The van der Waals surface area contributed by atoms with Gasteiger partial charge in [-0.05, 0) is 22.9 Å². The summed E-state index contributed by atoms with van der Waals surface area (Å²) in [5.41, 5.74) is 0.825. The van der Waals surface area contributed by atoms with Gasteiger partial charge in [0, 0.05) is 16.5 Å². The second-order valence-electron chi connectivity index (χ2n) is 6.93. The number of aromatic amines is 1. The van der Waals surface area contributed by atoms with Crippen LogP contribution in [0.3, 0.4) is 0 Å². The topological polar surface area (TPSA) is 89.4 Å². The third kappa shape index (κ3) is 3.78. The predicted molar refractivity (Wildman–Crippen MR) is 113 cm³/mol. The van der Waals surface area contributed by atoms with Crippen LogP contribution in [-0.4, -0.2) is 30.2 Å². The minimum Gasteiger partial charge on any atom is -0.308 e. The van der Waals surface area contributed by atoms with Gasteiger partial charge in [-0.1, -0.05) is 42.5 Å². The molecule has 0 saturated heterocycles. The molecule has 7 nitrogen and oxygen atoms in total. The number of halogens is 3. The molecule has 5 aromatic rings. The van der Waals surface area contributed by atoms with Crippen molar-refractivity contribution >= 4 is 21.6 Å². The minimum absolute atomic E-state index is 0.00963. The number of thiophene rings is 1. The first-order valence-electron chi connectivity index (χ1n) is 9.40. The molecule has 0 bridgehead atoms. The standard InChI is InChI=1S/C21H13F3N6OS/c22-21(23,24)14-8-4-7-13(9-14)18-27-29-30(28-18)10-16-25-19(31)17-15(11-32-20(17)26-16)12-5-2-1-3-6-12/h1-9,11H,10H2,(H,25,26,31). The van der Waals surface area contributed by atoms with Crippen LogP contribution in [0.5, 0.6) is 0 Å². The molecule has 3 aromatic heterocycles. The van der Waals surface area contributed by atoms with Crippen LogP contribution in [0.15, 0.2) is 64.8 Å². The Morgan fingerprint density at radius 3 is 2.59 bits per heavy atom. The highest BCUT2D eigenvalue weighted by atomic mass is 32.1. The molecule has 1 N–H and O–H groups in total. The molecule has 0 amide bonds. The van der Waals surface area contributed by atoms with Crippen molar-refractivity contribution in [1.82, 2.24) is 30.2 Å². The minimum atomic E-state index is -4.47. The normalized spacial score (nSPS) is 11.8. The summed E-state index contributed by atoms with van der Waals surface area (Å²) in [7, 11) is 0. The number of hydrogen-bond acceptors (Lipinski definition) is 6. The summed E-state index contributed by atoms with van der Waals surface area (Å²) in [6.45, 7) is 0.00963. The maximum Gasteiger partial charge on any atom is 0.416 e. The lowest BCUT2D eigenvalue weighted by Crippen LogP contribution is -2.15. The van der Waals surface area contributed by atoms with Gasteiger partial charge in [0.25, 0.3) is 5.56 Å². The van der Waals surface area contributed by atoms with E-state index in [0.29, 0.717) is 16.0 Å². The van der Waals surface area contributed by atoms with E-state index in [9.17, 15) is 18.0 Å². The Labute approximate surface area is 182 Å². The lowest BCUT2D eigenvalue weighted by atomic mass is 10.1. The van der Waals surface area contributed by atoms with Gasteiger partial charge < -0.3 is 4.98 Å². The molecule has 5 rings (SSSR count). The number of benzene rings is 2. The van der Waals surface area contributed by atoms with Gasteiger partial charge in [-0.3, -0.25) is 4.79 Å². The Kier molecular flexibility index (Phi) is 4.82. The monoisotopic (exact) mass is 454 g/mol. The van der Waals surface area contributed by atoms with Crippen LogP contribution in [-0.2, 0) is 12.7 Å². The van der Waals surface area contributed by atoms with Gasteiger partial charge in [-0.15, -0.1) is 21.5 Å². The average Bonchev–Trinajstić information content (AvgIpc) is 3.41. The first kappa shape index (κ1) is 20.1. The lowest BCUT2D eigenvalue weighted by Gasteiger charge is -2.06. The molecule has 0 spiro atoms. The molecule has 0 atom stereocenters. The fourth-order valence-corrected chi connectivity index (χ4v) is 4.26. The van der Waals surface area contributed by atoms with E-state index >= 15 is 0 Å². The molecule has 0 aliphatic carbocycles. The highest BCUT2D eigenvalue weighted by Crippen LogP contribution is 2.32. The summed E-state index contributed by atoms with van der Waals surface area (Å²) in [5, 5.41) is 14.2. The van der Waals surface area contributed by atoms with Crippen molar-refractivity contribution in [2.24, 2.45) is 0 Å². The van der Waals surface area contributed by atoms with Crippen LogP contribution in [0.1, 0.15) is 11.4 Å². The molecule has 11 heteroatoms. The van der Waals surface area contributed by atoms with E-state index in [4.69, 9.17) is 0 Å². The van der Waals surface area contributed by atoms with E-state index in [2.05, 4.69) is 25.4 Å². The van der Waals surface area contributed by atoms with E-state index < -0.39 is 11.7 Å². The van der Waals surface area contributed by atoms with Crippen molar-refractivity contribution in [1.29, 1.82) is 0 Å². The van der Waals surface area contributed by atoms with Crippen molar-refractivity contribution in [2.45, 2.75) is 12.7 Å². The Morgan fingerprint density at radius 1 is 1.03 bits per heavy atom. The Balaban J connectivity index is 1.44. The highest BCUT2D eigenvalue weighted by molar-refractivity contribution is 7.17. The molecule has 2 aromatic carbocycles. The van der Waals surface area contributed by atoms with Crippen molar-refractivity contribution in [3.8, 4) is 22.5 Å². The number of nitrogens with one attached hydrogen (secondary N) is 1. The van der Waals surface area contributed by atoms with Crippen molar-refractivity contribution in [3.05, 3.63) is 81.7 Å². The van der Waals surface area contributed by atoms with Crippen LogP contribution in [0.2, 0.25) is 0 Å². The molecule has 0 radical (unpaired) electrons. The quantitative estimate of drug-likeness (QED) is 0.436.